The number of rotatable bonds is 3. The molecule has 1 aromatic heterocycles. The van der Waals surface area contributed by atoms with Gasteiger partial charge < -0.3 is 9.64 Å². The van der Waals surface area contributed by atoms with Crippen molar-refractivity contribution < 1.29 is 9.53 Å². The number of nitrogens with zero attached hydrogens (tertiary/aromatic N) is 3. The molecule has 0 spiro atoms. The number of aromatic nitrogens is 2. The van der Waals surface area contributed by atoms with Crippen molar-refractivity contribution in [3.8, 4) is 5.88 Å². The van der Waals surface area contributed by atoms with Crippen LogP contribution in [0.2, 0.25) is 0 Å². The summed E-state index contributed by atoms with van der Waals surface area (Å²) in [6.07, 6.45) is 2.56. The van der Waals surface area contributed by atoms with Crippen LogP contribution in [-0.2, 0) is 0 Å². The average molecular weight is 263 g/mol. The van der Waals surface area contributed by atoms with E-state index < -0.39 is 0 Å². The fourth-order valence-electron chi connectivity index (χ4n) is 2.67. The van der Waals surface area contributed by atoms with E-state index in [1.165, 1.54) is 12.7 Å². The van der Waals surface area contributed by atoms with Gasteiger partial charge in [0.1, 0.15) is 12.0 Å². The summed E-state index contributed by atoms with van der Waals surface area (Å²) in [5.74, 6) is 1.52. The van der Waals surface area contributed by atoms with Crippen LogP contribution < -0.4 is 4.74 Å². The Morgan fingerprint density at radius 1 is 1.37 bits per heavy atom. The number of hydrogen-bond donors (Lipinski definition) is 0. The molecule has 0 saturated carbocycles. The molecule has 0 radical (unpaired) electrons. The standard InChI is InChI=1S/C14H21N3O2/c1-4-19-13-6-12(15-9-16-13)14(18)17-7-10(2)5-11(3)8-17/h6,9-11H,4-5,7-8H2,1-3H3. The van der Waals surface area contributed by atoms with Crippen LogP contribution in [-0.4, -0.2) is 40.5 Å². The maximum atomic E-state index is 12.4. The summed E-state index contributed by atoms with van der Waals surface area (Å²) in [4.78, 5) is 22.4. The predicted molar refractivity (Wildman–Crippen MR) is 72.0 cm³/mol. The lowest BCUT2D eigenvalue weighted by Gasteiger charge is -2.34. The summed E-state index contributed by atoms with van der Waals surface area (Å²) in [6, 6.07) is 1.62. The molecular weight excluding hydrogens is 242 g/mol. The molecule has 2 unspecified atom stereocenters. The Hall–Kier alpha value is -1.65. The SMILES string of the molecule is CCOc1cc(C(=O)N2CC(C)CC(C)C2)ncn1. The third-order valence-corrected chi connectivity index (χ3v) is 3.31. The van der Waals surface area contributed by atoms with E-state index in [1.807, 2.05) is 11.8 Å². The Morgan fingerprint density at radius 3 is 2.68 bits per heavy atom. The van der Waals surface area contributed by atoms with Gasteiger partial charge in [0.25, 0.3) is 5.91 Å². The number of hydrogen-bond acceptors (Lipinski definition) is 4. The van der Waals surface area contributed by atoms with E-state index in [0.29, 0.717) is 30.0 Å². The summed E-state index contributed by atoms with van der Waals surface area (Å²) in [6.45, 7) is 8.39. The van der Waals surface area contributed by atoms with Gasteiger partial charge in [0.2, 0.25) is 5.88 Å². The fourth-order valence-corrected chi connectivity index (χ4v) is 2.67. The molecule has 2 rings (SSSR count). The van der Waals surface area contributed by atoms with Gasteiger partial charge in [-0.2, -0.15) is 0 Å². The first-order valence-corrected chi connectivity index (χ1v) is 6.84. The largest absolute Gasteiger partial charge is 0.478 e. The van der Waals surface area contributed by atoms with E-state index in [4.69, 9.17) is 4.74 Å². The molecule has 0 bridgehead atoms. The van der Waals surface area contributed by atoms with Crippen molar-refractivity contribution in [2.45, 2.75) is 27.2 Å². The number of amides is 1. The Labute approximate surface area is 114 Å². The second kappa shape index (κ2) is 5.99. The van der Waals surface area contributed by atoms with Gasteiger partial charge in [-0.3, -0.25) is 4.79 Å². The van der Waals surface area contributed by atoms with Crippen LogP contribution in [0.3, 0.4) is 0 Å². The molecule has 5 heteroatoms. The average Bonchev–Trinajstić information content (AvgIpc) is 2.37. The molecule has 1 saturated heterocycles. The van der Waals surface area contributed by atoms with Crippen molar-refractivity contribution >= 4 is 5.91 Å². The van der Waals surface area contributed by atoms with Crippen molar-refractivity contribution in [2.75, 3.05) is 19.7 Å². The Bertz CT molecular complexity index is 440. The minimum atomic E-state index is -0.0262. The van der Waals surface area contributed by atoms with Gasteiger partial charge in [-0.25, -0.2) is 9.97 Å². The Balaban J connectivity index is 2.12. The zero-order valence-corrected chi connectivity index (χ0v) is 11.8. The van der Waals surface area contributed by atoms with Gasteiger partial charge >= 0.3 is 0 Å². The van der Waals surface area contributed by atoms with Crippen LogP contribution in [0.5, 0.6) is 5.88 Å². The van der Waals surface area contributed by atoms with Crippen molar-refractivity contribution in [3.05, 3.63) is 18.1 Å². The van der Waals surface area contributed by atoms with Crippen molar-refractivity contribution in [1.82, 2.24) is 14.9 Å². The summed E-state index contributed by atoms with van der Waals surface area (Å²) >= 11 is 0. The van der Waals surface area contributed by atoms with E-state index in [0.717, 1.165) is 13.1 Å². The van der Waals surface area contributed by atoms with Crippen molar-refractivity contribution in [1.29, 1.82) is 0 Å². The number of likely N-dealkylation sites (tertiary alicyclic amines) is 1. The van der Waals surface area contributed by atoms with Crippen molar-refractivity contribution in [2.24, 2.45) is 11.8 Å². The highest BCUT2D eigenvalue weighted by Crippen LogP contribution is 2.22. The molecule has 1 fully saturated rings. The molecule has 2 atom stereocenters. The summed E-state index contributed by atoms with van der Waals surface area (Å²) in [7, 11) is 0. The maximum Gasteiger partial charge on any atom is 0.272 e. The van der Waals surface area contributed by atoms with Gasteiger partial charge in [0, 0.05) is 19.2 Å². The smallest absolute Gasteiger partial charge is 0.272 e. The first-order valence-electron chi connectivity index (χ1n) is 6.84. The minimum Gasteiger partial charge on any atom is -0.478 e. The molecule has 104 valence electrons. The molecule has 1 aromatic rings. The molecule has 1 aliphatic heterocycles. The first-order chi connectivity index (χ1) is 9.10. The van der Waals surface area contributed by atoms with E-state index in [9.17, 15) is 4.79 Å². The van der Waals surface area contributed by atoms with E-state index in [2.05, 4.69) is 23.8 Å². The normalized spacial score (nSPS) is 23.2. The zero-order valence-electron chi connectivity index (χ0n) is 11.8. The molecule has 1 amide bonds. The Morgan fingerprint density at radius 2 is 2.05 bits per heavy atom. The molecule has 5 nitrogen and oxygen atoms in total. The second-order valence-electron chi connectivity index (χ2n) is 5.33. The van der Waals surface area contributed by atoms with Crippen LogP contribution in [0.15, 0.2) is 12.4 Å². The molecule has 0 aromatic carbocycles. The zero-order chi connectivity index (χ0) is 13.8. The number of carbonyl (C=O) groups is 1. The lowest BCUT2D eigenvalue weighted by atomic mass is 9.92. The van der Waals surface area contributed by atoms with Gasteiger partial charge in [-0.1, -0.05) is 13.8 Å². The van der Waals surface area contributed by atoms with Crippen LogP contribution in [0.4, 0.5) is 0 Å². The Kier molecular flexibility index (Phi) is 4.35. The van der Waals surface area contributed by atoms with Crippen molar-refractivity contribution in [3.63, 3.8) is 0 Å². The van der Waals surface area contributed by atoms with Crippen LogP contribution in [0.1, 0.15) is 37.7 Å². The highest BCUT2D eigenvalue weighted by molar-refractivity contribution is 5.92. The van der Waals surface area contributed by atoms with Crippen LogP contribution in [0, 0.1) is 11.8 Å². The predicted octanol–water partition coefficient (Wildman–Crippen LogP) is 1.99. The van der Waals surface area contributed by atoms with Gasteiger partial charge in [-0.05, 0) is 25.2 Å². The molecule has 0 aliphatic carbocycles. The minimum absolute atomic E-state index is 0.0262. The second-order valence-corrected chi connectivity index (χ2v) is 5.33. The summed E-state index contributed by atoms with van der Waals surface area (Å²) in [5, 5.41) is 0. The molecule has 19 heavy (non-hydrogen) atoms. The van der Waals surface area contributed by atoms with E-state index in [-0.39, 0.29) is 5.91 Å². The van der Waals surface area contributed by atoms with Gasteiger partial charge in [0.15, 0.2) is 0 Å². The molecule has 0 N–H and O–H groups in total. The summed E-state index contributed by atoms with van der Waals surface area (Å²) in [5.41, 5.74) is 0.416. The molecular formula is C14H21N3O2. The topological polar surface area (TPSA) is 55.3 Å². The fraction of sp³-hybridized carbons (Fsp3) is 0.643. The number of ether oxygens (including phenoxy) is 1. The van der Waals surface area contributed by atoms with E-state index in [1.54, 1.807) is 6.07 Å². The third kappa shape index (κ3) is 3.43. The van der Waals surface area contributed by atoms with Gasteiger partial charge in [-0.15, -0.1) is 0 Å². The lowest BCUT2D eigenvalue weighted by Crippen LogP contribution is -2.42. The number of piperidine rings is 1. The number of carbonyl (C=O) groups excluding carboxylic acids is 1. The maximum absolute atomic E-state index is 12.4. The van der Waals surface area contributed by atoms with Gasteiger partial charge in [0.05, 0.1) is 6.61 Å². The summed E-state index contributed by atoms with van der Waals surface area (Å²) < 4.78 is 5.30. The highest BCUT2D eigenvalue weighted by atomic mass is 16.5. The lowest BCUT2D eigenvalue weighted by molar-refractivity contribution is 0.0616. The monoisotopic (exact) mass is 263 g/mol. The van der Waals surface area contributed by atoms with E-state index >= 15 is 0 Å². The third-order valence-electron chi connectivity index (χ3n) is 3.31. The highest BCUT2D eigenvalue weighted by Gasteiger charge is 2.27. The quantitative estimate of drug-likeness (QED) is 0.837. The van der Waals surface area contributed by atoms with Crippen LogP contribution in [0.25, 0.3) is 0 Å². The first kappa shape index (κ1) is 13.8. The molecule has 2 heterocycles. The molecule has 1 aliphatic rings. The van der Waals surface area contributed by atoms with Crippen LogP contribution >= 0.6 is 0 Å².